The number of nitrogens with one attached hydrogen (secondary N) is 1. The van der Waals surface area contributed by atoms with Gasteiger partial charge in [0.15, 0.2) is 5.78 Å². The van der Waals surface area contributed by atoms with Crippen molar-refractivity contribution in [2.75, 3.05) is 6.54 Å². The van der Waals surface area contributed by atoms with Gasteiger partial charge in [0.2, 0.25) is 10.0 Å². The van der Waals surface area contributed by atoms with Gasteiger partial charge in [-0.1, -0.05) is 31.9 Å². The van der Waals surface area contributed by atoms with Crippen LogP contribution in [-0.2, 0) is 10.0 Å². The predicted octanol–water partition coefficient (Wildman–Crippen LogP) is 3.14. The summed E-state index contributed by atoms with van der Waals surface area (Å²) in [6, 6.07) is 6.10. The Hall–Kier alpha value is -1.20. The average Bonchev–Trinajstić information content (AvgIpc) is 2.95. The molecule has 1 saturated carbocycles. The quantitative estimate of drug-likeness (QED) is 0.821. The van der Waals surface area contributed by atoms with E-state index in [4.69, 9.17) is 0 Å². The van der Waals surface area contributed by atoms with Crippen LogP contribution in [-0.4, -0.2) is 20.7 Å². The summed E-state index contributed by atoms with van der Waals surface area (Å²) < 4.78 is 27.4. The zero-order valence-corrected chi connectivity index (χ0v) is 13.5. The summed E-state index contributed by atoms with van der Waals surface area (Å²) in [6.45, 7) is 4.09. The highest BCUT2D eigenvalue weighted by atomic mass is 32.2. The largest absolute Gasteiger partial charge is 0.295 e. The summed E-state index contributed by atoms with van der Waals surface area (Å²) in [5, 5.41) is 0. The van der Waals surface area contributed by atoms with Crippen molar-refractivity contribution in [3.63, 3.8) is 0 Å². The summed E-state index contributed by atoms with van der Waals surface area (Å²) in [7, 11) is -3.50. The van der Waals surface area contributed by atoms with E-state index in [1.807, 2.05) is 0 Å². The molecule has 1 aliphatic carbocycles. The summed E-state index contributed by atoms with van der Waals surface area (Å²) >= 11 is 0. The van der Waals surface area contributed by atoms with Crippen LogP contribution in [0.1, 0.15) is 56.3 Å². The molecule has 0 aromatic heterocycles. The number of hydrogen-bond acceptors (Lipinski definition) is 3. The molecule has 0 saturated heterocycles. The first-order valence-electron chi connectivity index (χ1n) is 7.49. The standard InChI is InChI=1S/C16H23NO3S/c1-3-16(10-4-5-11-16)12-17-21(19,20)15-8-6-14(7-9-15)13(2)18/h6-9,17H,3-5,10-12H2,1-2H3. The number of benzene rings is 1. The van der Waals surface area contributed by atoms with Crippen LogP contribution < -0.4 is 4.72 Å². The monoisotopic (exact) mass is 309 g/mol. The van der Waals surface area contributed by atoms with Crippen molar-refractivity contribution < 1.29 is 13.2 Å². The highest BCUT2D eigenvalue weighted by Gasteiger charge is 2.33. The maximum absolute atomic E-state index is 12.3. The Balaban J connectivity index is 2.09. The van der Waals surface area contributed by atoms with E-state index in [0.717, 1.165) is 19.3 Å². The summed E-state index contributed by atoms with van der Waals surface area (Å²) in [4.78, 5) is 11.4. The van der Waals surface area contributed by atoms with Gasteiger partial charge in [-0.15, -0.1) is 0 Å². The van der Waals surface area contributed by atoms with Crippen LogP contribution in [0.2, 0.25) is 0 Å². The van der Waals surface area contributed by atoms with Crippen molar-refractivity contribution in [3.8, 4) is 0 Å². The third-order valence-electron chi connectivity index (χ3n) is 4.62. The Kier molecular flexibility index (Phi) is 4.84. The maximum atomic E-state index is 12.3. The van der Waals surface area contributed by atoms with Crippen LogP contribution in [0.3, 0.4) is 0 Å². The van der Waals surface area contributed by atoms with E-state index in [0.29, 0.717) is 12.1 Å². The summed E-state index contributed by atoms with van der Waals surface area (Å²) in [6.07, 6.45) is 5.55. The smallest absolute Gasteiger partial charge is 0.240 e. The fourth-order valence-electron chi connectivity index (χ4n) is 2.98. The molecule has 1 fully saturated rings. The minimum absolute atomic E-state index is 0.0669. The SMILES string of the molecule is CCC1(CNS(=O)(=O)c2ccc(C(C)=O)cc2)CCCC1. The van der Waals surface area contributed by atoms with Gasteiger partial charge in [0.05, 0.1) is 4.90 Å². The van der Waals surface area contributed by atoms with E-state index >= 15 is 0 Å². The van der Waals surface area contributed by atoms with Crippen LogP contribution in [0.5, 0.6) is 0 Å². The third-order valence-corrected chi connectivity index (χ3v) is 6.04. The van der Waals surface area contributed by atoms with E-state index in [-0.39, 0.29) is 16.1 Å². The van der Waals surface area contributed by atoms with Gasteiger partial charge in [-0.05, 0) is 43.7 Å². The molecule has 1 aromatic rings. The van der Waals surface area contributed by atoms with Gasteiger partial charge in [-0.3, -0.25) is 4.79 Å². The normalized spacial score (nSPS) is 17.8. The molecule has 1 N–H and O–H groups in total. The topological polar surface area (TPSA) is 63.2 Å². The van der Waals surface area contributed by atoms with Gasteiger partial charge >= 0.3 is 0 Å². The molecule has 0 atom stereocenters. The first kappa shape index (κ1) is 16.2. The summed E-state index contributed by atoms with van der Waals surface area (Å²) in [5.41, 5.74) is 0.640. The number of hydrogen-bond donors (Lipinski definition) is 1. The lowest BCUT2D eigenvalue weighted by Crippen LogP contribution is -2.35. The van der Waals surface area contributed by atoms with Gasteiger partial charge in [-0.2, -0.15) is 0 Å². The molecule has 0 unspecified atom stereocenters. The number of carbonyl (C=O) groups excluding carboxylic acids is 1. The first-order chi connectivity index (χ1) is 9.88. The fraction of sp³-hybridized carbons (Fsp3) is 0.562. The second kappa shape index (κ2) is 6.28. The van der Waals surface area contributed by atoms with Crippen LogP contribution in [0, 0.1) is 5.41 Å². The maximum Gasteiger partial charge on any atom is 0.240 e. The molecule has 4 nitrogen and oxygen atoms in total. The lowest BCUT2D eigenvalue weighted by molar-refractivity contribution is 0.101. The molecule has 0 bridgehead atoms. The molecule has 0 radical (unpaired) electrons. The van der Waals surface area contributed by atoms with Crippen LogP contribution >= 0.6 is 0 Å². The number of rotatable bonds is 6. The van der Waals surface area contributed by atoms with Crippen molar-refractivity contribution in [3.05, 3.63) is 29.8 Å². The second-order valence-corrected chi connectivity index (χ2v) is 7.73. The molecule has 1 aliphatic rings. The number of sulfonamides is 1. The van der Waals surface area contributed by atoms with Gasteiger partial charge in [0.1, 0.15) is 0 Å². The Bertz CT molecular complexity index is 599. The van der Waals surface area contributed by atoms with Crippen LogP contribution in [0.15, 0.2) is 29.2 Å². The zero-order valence-electron chi connectivity index (χ0n) is 12.7. The van der Waals surface area contributed by atoms with Crippen molar-refractivity contribution >= 4 is 15.8 Å². The number of Topliss-reactive ketones (excluding diaryl/α,β-unsaturated/α-hetero) is 1. The van der Waals surface area contributed by atoms with Gasteiger partial charge < -0.3 is 0 Å². The van der Waals surface area contributed by atoms with Crippen molar-refractivity contribution in [2.45, 2.75) is 50.8 Å². The number of ketones is 1. The molecule has 0 aliphatic heterocycles. The molecule has 5 heteroatoms. The van der Waals surface area contributed by atoms with E-state index < -0.39 is 10.0 Å². The molecule has 116 valence electrons. The zero-order chi connectivity index (χ0) is 15.5. The molecular weight excluding hydrogens is 286 g/mol. The highest BCUT2D eigenvalue weighted by molar-refractivity contribution is 7.89. The highest BCUT2D eigenvalue weighted by Crippen LogP contribution is 2.40. The minimum Gasteiger partial charge on any atom is -0.295 e. The molecule has 0 heterocycles. The fourth-order valence-corrected chi connectivity index (χ4v) is 4.14. The van der Waals surface area contributed by atoms with Gasteiger partial charge in [0, 0.05) is 12.1 Å². The van der Waals surface area contributed by atoms with Gasteiger partial charge in [-0.25, -0.2) is 13.1 Å². The summed E-state index contributed by atoms with van der Waals surface area (Å²) in [5.74, 6) is -0.0669. The molecule has 21 heavy (non-hydrogen) atoms. The van der Waals surface area contributed by atoms with Gasteiger partial charge in [0.25, 0.3) is 0 Å². The van der Waals surface area contributed by atoms with Crippen LogP contribution in [0.25, 0.3) is 0 Å². The second-order valence-electron chi connectivity index (χ2n) is 5.97. The predicted molar refractivity (Wildman–Crippen MR) is 82.8 cm³/mol. The van der Waals surface area contributed by atoms with Crippen molar-refractivity contribution in [1.82, 2.24) is 4.72 Å². The van der Waals surface area contributed by atoms with E-state index in [2.05, 4.69) is 11.6 Å². The first-order valence-corrected chi connectivity index (χ1v) is 8.98. The van der Waals surface area contributed by atoms with Crippen LogP contribution in [0.4, 0.5) is 0 Å². The van der Waals surface area contributed by atoms with E-state index in [9.17, 15) is 13.2 Å². The van der Waals surface area contributed by atoms with Crippen molar-refractivity contribution in [1.29, 1.82) is 0 Å². The number of carbonyl (C=O) groups is 1. The average molecular weight is 309 g/mol. The third kappa shape index (κ3) is 3.71. The molecule has 2 rings (SSSR count). The van der Waals surface area contributed by atoms with E-state index in [1.54, 1.807) is 12.1 Å². The Morgan fingerprint density at radius 1 is 1.19 bits per heavy atom. The lowest BCUT2D eigenvalue weighted by Gasteiger charge is -2.27. The molecule has 1 aromatic carbocycles. The lowest BCUT2D eigenvalue weighted by atomic mass is 9.84. The Labute approximate surface area is 127 Å². The Morgan fingerprint density at radius 3 is 2.24 bits per heavy atom. The molecule has 0 amide bonds. The molecule has 0 spiro atoms. The Morgan fingerprint density at radius 2 is 1.76 bits per heavy atom. The van der Waals surface area contributed by atoms with E-state index in [1.165, 1.54) is 31.9 Å². The minimum atomic E-state index is -3.50. The van der Waals surface area contributed by atoms with Crippen molar-refractivity contribution in [2.24, 2.45) is 5.41 Å². The molecular formula is C16H23NO3S.